The zero-order valence-corrected chi connectivity index (χ0v) is 10.2. The molecule has 0 saturated heterocycles. The molecule has 0 amide bonds. The van der Waals surface area contributed by atoms with Crippen LogP contribution < -0.4 is 0 Å². The van der Waals surface area contributed by atoms with Gasteiger partial charge in [-0.05, 0) is 29.5 Å². The van der Waals surface area contributed by atoms with Gasteiger partial charge in [0.25, 0.3) is 0 Å². The Labute approximate surface area is 109 Å². The summed E-state index contributed by atoms with van der Waals surface area (Å²) < 4.78 is 36.8. The van der Waals surface area contributed by atoms with Gasteiger partial charge in [-0.15, -0.1) is 11.6 Å². The highest BCUT2D eigenvalue weighted by atomic mass is 35.5. The molecule has 0 radical (unpaired) electrons. The van der Waals surface area contributed by atoms with Crippen molar-refractivity contribution < 1.29 is 23.1 Å². The van der Waals surface area contributed by atoms with Gasteiger partial charge in [0.1, 0.15) is 6.07 Å². The minimum Gasteiger partial charge on any atom is -0.478 e. The summed E-state index contributed by atoms with van der Waals surface area (Å²) in [7, 11) is 0. The number of thioether (sulfide) groups is 1. The van der Waals surface area contributed by atoms with E-state index in [2.05, 4.69) is 0 Å². The predicted molar refractivity (Wildman–Crippen MR) is 59.6 cm³/mol. The first-order chi connectivity index (χ1) is 8.30. The van der Waals surface area contributed by atoms with Crippen LogP contribution in [0.2, 0.25) is 0 Å². The van der Waals surface area contributed by atoms with Crippen LogP contribution in [0.3, 0.4) is 0 Å². The van der Waals surface area contributed by atoms with Crippen LogP contribution in [0, 0.1) is 11.3 Å². The van der Waals surface area contributed by atoms with Gasteiger partial charge in [-0.1, -0.05) is 0 Å². The third-order valence-corrected chi connectivity index (χ3v) is 3.06. The summed E-state index contributed by atoms with van der Waals surface area (Å²) in [5, 5.41) is 17.7. The summed E-state index contributed by atoms with van der Waals surface area (Å²) in [6.07, 6.45) is 0. The van der Waals surface area contributed by atoms with E-state index in [1.807, 2.05) is 0 Å². The molecule has 0 aliphatic heterocycles. The Bertz CT molecular complexity index is 525. The summed E-state index contributed by atoms with van der Waals surface area (Å²) in [5.41, 5.74) is -5.46. The Balaban J connectivity index is 3.44. The number of halogens is 4. The minimum absolute atomic E-state index is 0.203. The molecule has 1 rings (SSSR count). The number of aromatic carboxylic acids is 1. The largest absolute Gasteiger partial charge is 0.478 e. The molecule has 1 aromatic rings. The Morgan fingerprint density at radius 3 is 2.50 bits per heavy atom. The third kappa shape index (κ3) is 3.31. The van der Waals surface area contributed by atoms with Gasteiger partial charge in [-0.3, -0.25) is 0 Å². The van der Waals surface area contributed by atoms with Crippen LogP contribution in [0.15, 0.2) is 17.0 Å². The molecule has 1 aromatic carbocycles. The van der Waals surface area contributed by atoms with Gasteiger partial charge < -0.3 is 5.11 Å². The molecule has 0 aliphatic rings. The summed E-state index contributed by atoms with van der Waals surface area (Å²) in [6.45, 7) is 0. The number of benzene rings is 1. The number of carboxylic acids is 1. The highest BCUT2D eigenvalue weighted by Gasteiger charge is 2.32. The van der Waals surface area contributed by atoms with Crippen molar-refractivity contribution in [1.29, 1.82) is 5.26 Å². The molecule has 18 heavy (non-hydrogen) atoms. The van der Waals surface area contributed by atoms with Crippen molar-refractivity contribution in [3.8, 4) is 6.07 Å². The second kappa shape index (κ2) is 5.50. The fraction of sp³-hybridized carbons (Fsp3) is 0.200. The summed E-state index contributed by atoms with van der Waals surface area (Å²) in [4.78, 5) is 10.7. The molecule has 0 unspecified atom stereocenters. The van der Waals surface area contributed by atoms with Crippen LogP contribution in [0.1, 0.15) is 21.5 Å². The normalized spacial score (nSPS) is 11.1. The van der Waals surface area contributed by atoms with E-state index >= 15 is 0 Å². The maximum atomic E-state index is 12.3. The second-order valence-electron chi connectivity index (χ2n) is 3.06. The van der Waals surface area contributed by atoms with E-state index in [1.165, 1.54) is 0 Å². The number of nitriles is 1. The van der Waals surface area contributed by atoms with E-state index in [0.717, 1.165) is 12.1 Å². The minimum atomic E-state index is -4.55. The molecular formula is C10H5ClF3NO2S. The van der Waals surface area contributed by atoms with Crippen molar-refractivity contribution in [3.05, 3.63) is 28.8 Å². The van der Waals surface area contributed by atoms with E-state index in [9.17, 15) is 18.0 Å². The number of alkyl halides is 4. The second-order valence-corrected chi connectivity index (χ2v) is 4.44. The average Bonchev–Trinajstić information content (AvgIpc) is 2.26. The van der Waals surface area contributed by atoms with Crippen LogP contribution in [0.5, 0.6) is 0 Å². The highest BCUT2D eigenvalue weighted by molar-refractivity contribution is 8.00. The van der Waals surface area contributed by atoms with E-state index < -0.39 is 34.7 Å². The Hall–Kier alpha value is -1.39. The zero-order valence-electron chi connectivity index (χ0n) is 8.58. The van der Waals surface area contributed by atoms with Gasteiger partial charge in [0.05, 0.1) is 11.1 Å². The van der Waals surface area contributed by atoms with Crippen LogP contribution in [0.4, 0.5) is 13.2 Å². The number of nitrogens with zero attached hydrogens (tertiary/aromatic N) is 1. The molecular weight excluding hydrogens is 291 g/mol. The van der Waals surface area contributed by atoms with Gasteiger partial charge in [0.2, 0.25) is 0 Å². The van der Waals surface area contributed by atoms with Crippen molar-refractivity contribution in [2.75, 3.05) is 0 Å². The standard InChI is InChI=1S/C10H5ClF3NO2S/c11-3-6-7(18-10(12,13)14)2-1-5(4-15)8(6)9(16)17/h1-2H,3H2,(H,16,17). The van der Waals surface area contributed by atoms with Crippen molar-refractivity contribution in [2.45, 2.75) is 16.3 Å². The predicted octanol–water partition coefficient (Wildman–Crippen LogP) is 3.61. The number of hydrogen-bond donors (Lipinski definition) is 1. The zero-order chi connectivity index (χ0) is 13.9. The van der Waals surface area contributed by atoms with Gasteiger partial charge in [-0.2, -0.15) is 18.4 Å². The van der Waals surface area contributed by atoms with Gasteiger partial charge in [-0.25, -0.2) is 4.79 Å². The maximum Gasteiger partial charge on any atom is 0.446 e. The molecule has 8 heteroatoms. The van der Waals surface area contributed by atoms with Gasteiger partial charge in [0, 0.05) is 10.8 Å². The molecule has 0 aliphatic carbocycles. The first kappa shape index (κ1) is 14.7. The van der Waals surface area contributed by atoms with Crippen molar-refractivity contribution in [2.24, 2.45) is 0 Å². The number of rotatable bonds is 3. The van der Waals surface area contributed by atoms with Crippen molar-refractivity contribution in [3.63, 3.8) is 0 Å². The van der Waals surface area contributed by atoms with E-state index in [-0.39, 0.29) is 16.0 Å². The van der Waals surface area contributed by atoms with Crippen LogP contribution in [-0.2, 0) is 5.88 Å². The molecule has 0 atom stereocenters. The molecule has 3 nitrogen and oxygen atoms in total. The van der Waals surface area contributed by atoms with Crippen LogP contribution in [-0.4, -0.2) is 16.6 Å². The first-order valence-electron chi connectivity index (χ1n) is 4.41. The lowest BCUT2D eigenvalue weighted by molar-refractivity contribution is -0.0328. The Morgan fingerprint density at radius 1 is 1.50 bits per heavy atom. The first-order valence-corrected chi connectivity index (χ1v) is 5.76. The average molecular weight is 296 g/mol. The quantitative estimate of drug-likeness (QED) is 0.683. The van der Waals surface area contributed by atoms with E-state index in [0.29, 0.717) is 0 Å². The number of carbonyl (C=O) groups is 1. The smallest absolute Gasteiger partial charge is 0.446 e. The Morgan fingerprint density at radius 2 is 2.11 bits per heavy atom. The highest BCUT2D eigenvalue weighted by Crippen LogP contribution is 2.40. The lowest BCUT2D eigenvalue weighted by atomic mass is 10.0. The van der Waals surface area contributed by atoms with E-state index in [1.54, 1.807) is 6.07 Å². The molecule has 0 bridgehead atoms. The third-order valence-electron chi connectivity index (χ3n) is 1.96. The van der Waals surface area contributed by atoms with Gasteiger partial charge in [0.15, 0.2) is 0 Å². The molecule has 0 saturated carbocycles. The van der Waals surface area contributed by atoms with Gasteiger partial charge >= 0.3 is 11.5 Å². The van der Waals surface area contributed by atoms with Crippen molar-refractivity contribution in [1.82, 2.24) is 0 Å². The Kier molecular flexibility index (Phi) is 4.48. The fourth-order valence-corrected chi connectivity index (χ4v) is 2.36. The molecule has 0 heterocycles. The summed E-state index contributed by atoms with van der Waals surface area (Å²) in [6, 6.07) is 3.69. The summed E-state index contributed by atoms with van der Waals surface area (Å²) in [5.74, 6) is -1.90. The molecule has 0 spiro atoms. The molecule has 1 N–H and O–H groups in total. The van der Waals surface area contributed by atoms with Crippen molar-refractivity contribution >= 4 is 29.3 Å². The monoisotopic (exact) mass is 295 g/mol. The van der Waals surface area contributed by atoms with Crippen LogP contribution >= 0.6 is 23.4 Å². The number of hydrogen-bond acceptors (Lipinski definition) is 3. The van der Waals surface area contributed by atoms with Crippen LogP contribution in [0.25, 0.3) is 0 Å². The lowest BCUT2D eigenvalue weighted by Gasteiger charge is -2.12. The molecule has 96 valence electrons. The molecule has 0 aromatic heterocycles. The fourth-order valence-electron chi connectivity index (χ4n) is 1.32. The lowest BCUT2D eigenvalue weighted by Crippen LogP contribution is -2.08. The summed E-state index contributed by atoms with van der Waals surface area (Å²) >= 11 is 5.03. The molecule has 0 fully saturated rings. The topological polar surface area (TPSA) is 61.1 Å². The SMILES string of the molecule is N#Cc1ccc(SC(F)(F)F)c(CCl)c1C(=O)O. The number of carboxylic acid groups (broad SMARTS) is 1. The van der Waals surface area contributed by atoms with E-state index in [4.69, 9.17) is 22.0 Å². The maximum absolute atomic E-state index is 12.3.